The maximum atomic E-state index is 14.5. The first kappa shape index (κ1) is 33.1. The molecule has 4 aromatic rings. The number of aryl methyl sites for hydroxylation is 1. The van der Waals surface area contributed by atoms with Gasteiger partial charge in [0.2, 0.25) is 21.8 Å². The van der Waals surface area contributed by atoms with E-state index in [-0.39, 0.29) is 29.2 Å². The van der Waals surface area contributed by atoms with Gasteiger partial charge in [0.1, 0.15) is 0 Å². The van der Waals surface area contributed by atoms with Crippen LogP contribution in [0.2, 0.25) is 0 Å². The topological polar surface area (TPSA) is 84.0 Å². The largest absolute Gasteiger partial charge is 0.498 e. The molecule has 0 bridgehead atoms. The summed E-state index contributed by atoms with van der Waals surface area (Å²) < 4.78 is 36.7. The Morgan fingerprint density at radius 3 is 2.20 bits per heavy atom. The summed E-state index contributed by atoms with van der Waals surface area (Å²) >= 11 is 0. The zero-order valence-electron chi connectivity index (χ0n) is 27.1. The number of fused-ring (bicyclic) bond motifs is 1. The van der Waals surface area contributed by atoms with Gasteiger partial charge >= 0.3 is 0 Å². The Hall–Kier alpha value is -4.27. The van der Waals surface area contributed by atoms with Crippen molar-refractivity contribution in [1.29, 1.82) is 0 Å². The van der Waals surface area contributed by atoms with Crippen LogP contribution < -0.4 is 4.90 Å². The third-order valence-electron chi connectivity index (χ3n) is 8.93. The Morgan fingerprint density at radius 2 is 1.57 bits per heavy atom. The van der Waals surface area contributed by atoms with Crippen molar-refractivity contribution in [2.75, 3.05) is 18.1 Å². The van der Waals surface area contributed by atoms with E-state index in [1.54, 1.807) is 52.8 Å². The molecule has 46 heavy (non-hydrogen) atoms. The van der Waals surface area contributed by atoms with Crippen LogP contribution in [0.4, 0.5) is 5.69 Å². The summed E-state index contributed by atoms with van der Waals surface area (Å²) in [5, 5.41) is 2.06. The molecule has 1 aliphatic rings. The fourth-order valence-corrected chi connectivity index (χ4v) is 8.13. The standard InChI is InChI=1S/C38H42N2O5S/c1-6-37(45-7-2)35-25-39(46(43,44)33-21-17-26(3)18-22-33)36(31-20-19-29-13-11-12-14-30(29)23-31)24-34(35)27(4)38(42)40(28(5)41)32-15-9-8-10-16-32/h8-23,27,34,36H,6-7,24-25H2,1-5H3/b37-35+. The molecule has 1 saturated heterocycles. The molecule has 1 heterocycles. The second-order valence-corrected chi connectivity index (χ2v) is 13.8. The van der Waals surface area contributed by atoms with E-state index in [0.717, 1.165) is 27.5 Å². The second kappa shape index (κ2) is 14.0. The average molecular weight is 639 g/mol. The normalized spacial score (nSPS) is 19.0. The number of anilines is 1. The Kier molecular flexibility index (Phi) is 10.1. The Labute approximate surface area is 272 Å². The van der Waals surface area contributed by atoms with E-state index < -0.39 is 22.0 Å². The number of allylic oxidation sites excluding steroid dienone is 1. The number of rotatable bonds is 9. The first-order valence-corrected chi connectivity index (χ1v) is 17.3. The number of carbonyl (C=O) groups excluding carboxylic acids is 2. The van der Waals surface area contributed by atoms with E-state index in [0.29, 0.717) is 30.9 Å². The molecule has 2 amide bonds. The number of amides is 2. The molecule has 0 saturated carbocycles. The van der Waals surface area contributed by atoms with E-state index in [9.17, 15) is 18.0 Å². The Morgan fingerprint density at radius 1 is 0.913 bits per heavy atom. The minimum Gasteiger partial charge on any atom is -0.498 e. The lowest BCUT2D eigenvalue weighted by atomic mass is 9.76. The van der Waals surface area contributed by atoms with E-state index >= 15 is 0 Å². The van der Waals surface area contributed by atoms with E-state index in [1.807, 2.05) is 76.2 Å². The highest BCUT2D eigenvalue weighted by atomic mass is 32.2. The number of piperidine rings is 1. The molecule has 5 rings (SSSR count). The lowest BCUT2D eigenvalue weighted by Gasteiger charge is -2.43. The van der Waals surface area contributed by atoms with Crippen molar-refractivity contribution in [3.8, 4) is 0 Å². The number of imide groups is 1. The van der Waals surface area contributed by atoms with Gasteiger partial charge in [-0.1, -0.05) is 86.1 Å². The molecule has 1 fully saturated rings. The predicted octanol–water partition coefficient (Wildman–Crippen LogP) is 7.82. The van der Waals surface area contributed by atoms with Gasteiger partial charge in [0.15, 0.2) is 0 Å². The second-order valence-electron chi connectivity index (χ2n) is 11.9. The summed E-state index contributed by atoms with van der Waals surface area (Å²) in [6.45, 7) is 9.49. The van der Waals surface area contributed by atoms with Crippen molar-refractivity contribution in [3.63, 3.8) is 0 Å². The number of ether oxygens (including phenoxy) is 1. The predicted molar refractivity (Wildman–Crippen MR) is 183 cm³/mol. The molecule has 7 nitrogen and oxygen atoms in total. The van der Waals surface area contributed by atoms with E-state index in [2.05, 4.69) is 0 Å². The monoisotopic (exact) mass is 638 g/mol. The minimum atomic E-state index is -3.97. The molecular weight excluding hydrogens is 596 g/mol. The number of hydrogen-bond donors (Lipinski definition) is 0. The lowest BCUT2D eigenvalue weighted by Crippen LogP contribution is -2.48. The van der Waals surface area contributed by atoms with Crippen molar-refractivity contribution >= 4 is 38.3 Å². The summed E-state index contributed by atoms with van der Waals surface area (Å²) in [4.78, 5) is 28.6. The van der Waals surface area contributed by atoms with Crippen LogP contribution in [0.1, 0.15) is 57.7 Å². The van der Waals surface area contributed by atoms with Gasteiger partial charge in [0.05, 0.1) is 29.0 Å². The number of sulfonamides is 1. The maximum Gasteiger partial charge on any atom is 0.243 e. The van der Waals surface area contributed by atoms with Crippen LogP contribution in [0.5, 0.6) is 0 Å². The van der Waals surface area contributed by atoms with Crippen molar-refractivity contribution in [2.45, 2.75) is 58.4 Å². The van der Waals surface area contributed by atoms with Gasteiger partial charge in [0.25, 0.3) is 0 Å². The quantitative estimate of drug-likeness (QED) is 0.175. The SMILES string of the molecule is CCO/C(CC)=C1\CN(S(=O)(=O)c2ccc(C)cc2)C(c2ccc3ccccc3c2)CC1C(C)C(=O)N(C(C)=O)c1ccccc1. The highest BCUT2D eigenvalue weighted by Crippen LogP contribution is 2.45. The summed E-state index contributed by atoms with van der Waals surface area (Å²) in [5.74, 6) is -1.06. The van der Waals surface area contributed by atoms with Crippen LogP contribution in [0, 0.1) is 18.8 Å². The Bertz CT molecular complexity index is 1850. The van der Waals surface area contributed by atoms with Crippen molar-refractivity contribution in [2.24, 2.45) is 11.8 Å². The molecule has 8 heteroatoms. The van der Waals surface area contributed by atoms with Gasteiger partial charge < -0.3 is 4.74 Å². The number of benzene rings is 4. The Balaban J connectivity index is 1.66. The summed E-state index contributed by atoms with van der Waals surface area (Å²) in [6.07, 6.45) is 0.873. The first-order chi connectivity index (χ1) is 22.1. The third kappa shape index (κ3) is 6.64. The number of nitrogens with zero attached hydrogens (tertiary/aromatic N) is 2. The van der Waals surface area contributed by atoms with Gasteiger partial charge in [-0.25, -0.2) is 8.42 Å². The van der Waals surface area contributed by atoms with Gasteiger partial charge in [-0.15, -0.1) is 0 Å². The molecule has 0 aromatic heterocycles. The van der Waals surface area contributed by atoms with Crippen LogP contribution in [-0.2, 0) is 24.3 Å². The molecule has 1 aliphatic heterocycles. The van der Waals surface area contributed by atoms with Gasteiger partial charge in [-0.2, -0.15) is 4.31 Å². The van der Waals surface area contributed by atoms with Crippen LogP contribution in [0.15, 0.2) is 113 Å². The zero-order chi connectivity index (χ0) is 33.0. The molecule has 240 valence electrons. The average Bonchev–Trinajstić information content (AvgIpc) is 3.06. The van der Waals surface area contributed by atoms with Crippen molar-refractivity contribution in [3.05, 3.63) is 120 Å². The molecule has 0 aliphatic carbocycles. The summed E-state index contributed by atoms with van der Waals surface area (Å²) in [5.41, 5.74) is 3.09. The molecule has 3 unspecified atom stereocenters. The van der Waals surface area contributed by atoms with Crippen molar-refractivity contribution < 1.29 is 22.7 Å². The van der Waals surface area contributed by atoms with E-state index in [1.165, 1.54) is 11.8 Å². The smallest absolute Gasteiger partial charge is 0.243 e. The van der Waals surface area contributed by atoms with Gasteiger partial charge in [0, 0.05) is 25.8 Å². The summed E-state index contributed by atoms with van der Waals surface area (Å²) in [7, 11) is -3.97. The van der Waals surface area contributed by atoms with E-state index in [4.69, 9.17) is 4.74 Å². The number of para-hydroxylation sites is 1. The molecule has 0 spiro atoms. The lowest BCUT2D eigenvalue weighted by molar-refractivity contribution is -0.128. The molecule has 0 radical (unpaired) electrons. The number of carbonyl (C=O) groups is 2. The highest BCUT2D eigenvalue weighted by molar-refractivity contribution is 7.89. The van der Waals surface area contributed by atoms with Gasteiger partial charge in [-0.05, 0) is 78.4 Å². The third-order valence-corrected chi connectivity index (χ3v) is 10.8. The maximum absolute atomic E-state index is 14.5. The van der Waals surface area contributed by atoms with Crippen LogP contribution >= 0.6 is 0 Å². The molecule has 3 atom stereocenters. The molecular formula is C38H42N2O5S. The zero-order valence-corrected chi connectivity index (χ0v) is 28.0. The molecule has 0 N–H and O–H groups in total. The highest BCUT2D eigenvalue weighted by Gasteiger charge is 2.45. The number of hydrogen-bond acceptors (Lipinski definition) is 5. The minimum absolute atomic E-state index is 0.0601. The first-order valence-electron chi connectivity index (χ1n) is 15.9. The van der Waals surface area contributed by atoms with Gasteiger partial charge in [-0.3, -0.25) is 14.5 Å². The summed E-state index contributed by atoms with van der Waals surface area (Å²) in [6, 6.07) is 29.3. The van der Waals surface area contributed by atoms with Crippen LogP contribution in [0.3, 0.4) is 0 Å². The molecule has 4 aromatic carbocycles. The van der Waals surface area contributed by atoms with Crippen LogP contribution in [-0.4, -0.2) is 37.7 Å². The fourth-order valence-electron chi connectivity index (χ4n) is 6.53. The fraction of sp³-hybridized carbons (Fsp3) is 0.316. The van der Waals surface area contributed by atoms with Crippen LogP contribution in [0.25, 0.3) is 10.8 Å². The van der Waals surface area contributed by atoms with Crippen molar-refractivity contribution in [1.82, 2.24) is 4.31 Å².